The zero-order valence-electron chi connectivity index (χ0n) is 16.3. The Balaban J connectivity index is 1.85. The lowest BCUT2D eigenvalue weighted by atomic mass is 10.1. The molecule has 2 atom stereocenters. The molecule has 2 unspecified atom stereocenters. The molecule has 3 rings (SSSR count). The van der Waals surface area contributed by atoms with E-state index in [9.17, 15) is 0 Å². The standard InChI is InChI=1S/C20H25ClN2S5/c1-25-18-12-20(26-2,27-3)16-11-15(9-10-17(16)28(18)4)23-19(24)22-14-7-5-13(21)6-8-14/h5-11,18,28H,12H2,1-4H3,(H2,22,23,24). The average Bonchev–Trinajstić information content (AvgIpc) is 2.70. The van der Waals surface area contributed by atoms with E-state index in [1.54, 1.807) is 0 Å². The molecule has 0 aliphatic carbocycles. The van der Waals surface area contributed by atoms with E-state index >= 15 is 0 Å². The highest BCUT2D eigenvalue weighted by Gasteiger charge is 2.41. The van der Waals surface area contributed by atoms with Crippen LogP contribution in [0.25, 0.3) is 0 Å². The van der Waals surface area contributed by atoms with Gasteiger partial charge in [0.05, 0.1) is 4.08 Å². The Morgan fingerprint density at radius 1 is 1.07 bits per heavy atom. The minimum atomic E-state index is -0.169. The number of rotatable bonds is 5. The Bertz CT molecular complexity index is 839. The molecule has 1 aliphatic rings. The molecule has 152 valence electrons. The summed E-state index contributed by atoms with van der Waals surface area (Å²) in [6, 6.07) is 14.3. The Morgan fingerprint density at radius 2 is 1.68 bits per heavy atom. The van der Waals surface area contributed by atoms with Gasteiger partial charge in [0.25, 0.3) is 0 Å². The zero-order valence-corrected chi connectivity index (χ0v) is 21.2. The van der Waals surface area contributed by atoms with E-state index in [1.807, 2.05) is 59.6 Å². The lowest BCUT2D eigenvalue weighted by Gasteiger charge is -2.45. The first kappa shape index (κ1) is 22.5. The fourth-order valence-electron chi connectivity index (χ4n) is 3.40. The van der Waals surface area contributed by atoms with Gasteiger partial charge in [0.2, 0.25) is 0 Å². The van der Waals surface area contributed by atoms with Gasteiger partial charge in [-0.3, -0.25) is 0 Å². The SMILES string of the molecule is CSC1CC(SC)(SC)c2cc(NC(=S)Nc3ccc(Cl)cc3)ccc2[SH]1C. The second-order valence-corrected chi connectivity index (χ2v) is 13.5. The fraction of sp³-hybridized carbons (Fsp3) is 0.350. The van der Waals surface area contributed by atoms with Gasteiger partial charge >= 0.3 is 0 Å². The normalized spacial score (nSPS) is 21.6. The summed E-state index contributed by atoms with van der Waals surface area (Å²) in [5.41, 5.74) is 3.40. The van der Waals surface area contributed by atoms with Gasteiger partial charge < -0.3 is 10.6 Å². The summed E-state index contributed by atoms with van der Waals surface area (Å²) in [6.07, 6.45) is 10.3. The monoisotopic (exact) mass is 488 g/mol. The molecule has 28 heavy (non-hydrogen) atoms. The molecule has 0 spiro atoms. The maximum absolute atomic E-state index is 5.95. The number of thiol groups is 1. The smallest absolute Gasteiger partial charge is 0.175 e. The summed E-state index contributed by atoms with van der Waals surface area (Å²) in [7, 11) is -0.169. The first-order chi connectivity index (χ1) is 13.4. The summed E-state index contributed by atoms with van der Waals surface area (Å²) < 4.78 is 0.801. The minimum Gasteiger partial charge on any atom is -0.332 e. The van der Waals surface area contributed by atoms with Gasteiger partial charge in [0, 0.05) is 21.0 Å². The quantitative estimate of drug-likeness (QED) is 0.235. The predicted molar refractivity (Wildman–Crippen MR) is 142 cm³/mol. The van der Waals surface area contributed by atoms with E-state index in [0.717, 1.165) is 11.4 Å². The van der Waals surface area contributed by atoms with Gasteiger partial charge in [-0.2, -0.15) is 11.8 Å². The van der Waals surface area contributed by atoms with Crippen molar-refractivity contribution in [2.24, 2.45) is 0 Å². The summed E-state index contributed by atoms with van der Waals surface area (Å²) in [5.74, 6) is 0. The van der Waals surface area contributed by atoms with E-state index in [-0.39, 0.29) is 15.0 Å². The summed E-state index contributed by atoms with van der Waals surface area (Å²) in [5, 5.41) is 7.87. The van der Waals surface area contributed by atoms with Crippen LogP contribution in [0.15, 0.2) is 47.4 Å². The Morgan fingerprint density at radius 3 is 2.29 bits per heavy atom. The van der Waals surface area contributed by atoms with Crippen molar-refractivity contribution in [3.8, 4) is 0 Å². The number of halogens is 1. The van der Waals surface area contributed by atoms with E-state index in [0.29, 0.717) is 14.7 Å². The van der Waals surface area contributed by atoms with Crippen molar-refractivity contribution in [1.29, 1.82) is 0 Å². The van der Waals surface area contributed by atoms with Gasteiger partial charge in [-0.1, -0.05) is 11.6 Å². The third-order valence-electron chi connectivity index (χ3n) is 4.95. The lowest BCUT2D eigenvalue weighted by molar-refractivity contribution is 0.784. The molecule has 2 aromatic rings. The molecule has 0 bridgehead atoms. The van der Waals surface area contributed by atoms with Crippen molar-refractivity contribution >= 4 is 86.5 Å². The molecule has 2 aromatic carbocycles. The topological polar surface area (TPSA) is 24.1 Å². The number of thioether (sulfide) groups is 3. The van der Waals surface area contributed by atoms with Gasteiger partial charge in [-0.15, -0.1) is 23.5 Å². The molecule has 0 radical (unpaired) electrons. The maximum Gasteiger partial charge on any atom is 0.175 e. The second kappa shape index (κ2) is 9.75. The number of hydrogen-bond donors (Lipinski definition) is 3. The second-order valence-electron chi connectivity index (χ2n) is 6.48. The van der Waals surface area contributed by atoms with E-state index < -0.39 is 0 Å². The molecule has 0 saturated carbocycles. The molecular formula is C20H25ClN2S5. The van der Waals surface area contributed by atoms with Crippen LogP contribution in [0.2, 0.25) is 5.02 Å². The van der Waals surface area contributed by atoms with Gasteiger partial charge in [-0.25, -0.2) is 10.9 Å². The van der Waals surface area contributed by atoms with Crippen molar-refractivity contribution in [2.45, 2.75) is 20.0 Å². The van der Waals surface area contributed by atoms with Gasteiger partial charge in [0.1, 0.15) is 0 Å². The Labute approximate surface area is 194 Å². The molecule has 1 heterocycles. The Hall–Kier alpha value is -0.180. The van der Waals surface area contributed by atoms with Crippen LogP contribution in [0.5, 0.6) is 0 Å². The number of thiocarbonyl (C=S) groups is 1. The first-order valence-electron chi connectivity index (χ1n) is 8.76. The highest BCUT2D eigenvalue weighted by atomic mass is 35.5. The summed E-state index contributed by atoms with van der Waals surface area (Å²) in [6.45, 7) is 0. The molecule has 1 aliphatic heterocycles. The highest BCUT2D eigenvalue weighted by Crippen LogP contribution is 2.62. The average molecular weight is 489 g/mol. The summed E-state index contributed by atoms with van der Waals surface area (Å²) in [4.78, 5) is 1.52. The van der Waals surface area contributed by atoms with Crippen LogP contribution in [0.1, 0.15) is 12.0 Å². The van der Waals surface area contributed by atoms with Gasteiger partial charge in [0.15, 0.2) is 5.11 Å². The van der Waals surface area contributed by atoms with E-state index in [4.69, 9.17) is 23.8 Å². The van der Waals surface area contributed by atoms with Crippen molar-refractivity contribution in [1.82, 2.24) is 0 Å². The van der Waals surface area contributed by atoms with E-state index in [2.05, 4.69) is 53.9 Å². The molecule has 2 nitrogen and oxygen atoms in total. The van der Waals surface area contributed by atoms with Crippen LogP contribution in [0, 0.1) is 0 Å². The molecule has 0 fully saturated rings. The zero-order chi connectivity index (χ0) is 20.3. The number of anilines is 2. The van der Waals surface area contributed by atoms with Crippen molar-refractivity contribution in [3.05, 3.63) is 53.1 Å². The highest BCUT2D eigenvalue weighted by molar-refractivity contribution is 8.27. The first-order valence-corrected chi connectivity index (χ1v) is 15.1. The predicted octanol–water partition coefficient (Wildman–Crippen LogP) is 7.11. The third-order valence-corrected chi connectivity index (χ3v) is 13.0. The van der Waals surface area contributed by atoms with Crippen molar-refractivity contribution in [3.63, 3.8) is 0 Å². The Kier molecular flexibility index (Phi) is 7.84. The minimum absolute atomic E-state index is 0.0980. The molecule has 0 amide bonds. The lowest BCUT2D eigenvalue weighted by Crippen LogP contribution is -2.29. The molecule has 8 heteroatoms. The maximum atomic E-state index is 5.95. The van der Waals surface area contributed by atoms with Crippen LogP contribution < -0.4 is 10.6 Å². The molecule has 0 aromatic heterocycles. The van der Waals surface area contributed by atoms with Crippen molar-refractivity contribution < 1.29 is 0 Å². The number of nitrogens with one attached hydrogen (secondary N) is 2. The largest absolute Gasteiger partial charge is 0.332 e. The van der Waals surface area contributed by atoms with Crippen LogP contribution in [0.3, 0.4) is 0 Å². The van der Waals surface area contributed by atoms with Gasteiger partial charge in [-0.05, 0) is 96.6 Å². The van der Waals surface area contributed by atoms with Crippen LogP contribution >= 0.6 is 70.0 Å². The van der Waals surface area contributed by atoms with Crippen molar-refractivity contribution in [2.75, 3.05) is 35.7 Å². The number of fused-ring (bicyclic) bond motifs is 1. The molecular weight excluding hydrogens is 464 g/mol. The summed E-state index contributed by atoms with van der Waals surface area (Å²) >= 11 is 17.4. The fourth-order valence-corrected chi connectivity index (χ4v) is 10.3. The number of hydrogen-bond acceptors (Lipinski definition) is 4. The van der Waals surface area contributed by atoms with Crippen LogP contribution in [-0.4, -0.2) is 34.7 Å². The molecule has 0 saturated heterocycles. The van der Waals surface area contributed by atoms with Crippen LogP contribution in [-0.2, 0) is 4.08 Å². The van der Waals surface area contributed by atoms with Crippen LogP contribution in [0.4, 0.5) is 11.4 Å². The third kappa shape index (κ3) is 4.76. The molecule has 2 N–H and O–H groups in total. The number of benzene rings is 2. The van der Waals surface area contributed by atoms with E-state index in [1.165, 1.54) is 16.9 Å².